The van der Waals surface area contributed by atoms with E-state index in [1.165, 1.54) is 0 Å². The zero-order valence-electron chi connectivity index (χ0n) is 15.1. The van der Waals surface area contributed by atoms with Crippen molar-refractivity contribution in [2.75, 3.05) is 26.9 Å². The van der Waals surface area contributed by atoms with Gasteiger partial charge in [-0.15, -0.1) is 10.2 Å². The SMILES string of the molecule is CCCOc1cccc(-c2nnc(CCC(=O)NCCOC)c(=O)[nH]2)c1. The zero-order chi connectivity index (χ0) is 18.8. The number of rotatable bonds is 10. The number of methoxy groups -OCH3 is 1. The van der Waals surface area contributed by atoms with Crippen LogP contribution in [-0.2, 0) is 16.0 Å². The molecule has 2 N–H and O–H groups in total. The minimum absolute atomic E-state index is 0.159. The lowest BCUT2D eigenvalue weighted by Crippen LogP contribution is -2.28. The molecule has 2 rings (SSSR count). The highest BCUT2D eigenvalue weighted by atomic mass is 16.5. The van der Waals surface area contributed by atoms with Gasteiger partial charge in [0.1, 0.15) is 11.4 Å². The first-order valence-electron chi connectivity index (χ1n) is 8.58. The molecule has 1 amide bonds. The van der Waals surface area contributed by atoms with Gasteiger partial charge in [-0.05, 0) is 18.6 Å². The number of hydrogen-bond donors (Lipinski definition) is 2. The van der Waals surface area contributed by atoms with Crippen molar-refractivity contribution in [1.29, 1.82) is 0 Å². The molecule has 1 heterocycles. The highest BCUT2D eigenvalue weighted by Crippen LogP contribution is 2.20. The van der Waals surface area contributed by atoms with Crippen molar-refractivity contribution in [2.24, 2.45) is 0 Å². The van der Waals surface area contributed by atoms with Crippen LogP contribution in [0.4, 0.5) is 0 Å². The fourth-order valence-electron chi connectivity index (χ4n) is 2.22. The first-order chi connectivity index (χ1) is 12.6. The van der Waals surface area contributed by atoms with Crippen molar-refractivity contribution in [1.82, 2.24) is 20.5 Å². The molecule has 0 bridgehead atoms. The minimum Gasteiger partial charge on any atom is -0.494 e. The number of aryl methyl sites for hydroxylation is 1. The third-order valence-electron chi connectivity index (χ3n) is 3.56. The third kappa shape index (κ3) is 5.96. The lowest BCUT2D eigenvalue weighted by atomic mass is 10.2. The normalized spacial score (nSPS) is 10.5. The van der Waals surface area contributed by atoms with Gasteiger partial charge in [0.05, 0.1) is 13.2 Å². The maximum atomic E-state index is 12.2. The number of aromatic nitrogens is 3. The number of carbonyl (C=O) groups excluding carboxylic acids is 1. The standard InChI is InChI=1S/C18H24N4O4/c1-3-10-26-14-6-4-5-13(12-14)17-20-18(24)15(21-22-17)7-8-16(23)19-9-11-25-2/h4-6,12H,3,7-11H2,1-2H3,(H,19,23)(H,20,22,24). The van der Waals surface area contributed by atoms with E-state index in [0.29, 0.717) is 36.9 Å². The lowest BCUT2D eigenvalue weighted by Gasteiger charge is -2.07. The average Bonchev–Trinajstić information content (AvgIpc) is 2.66. The summed E-state index contributed by atoms with van der Waals surface area (Å²) in [5, 5.41) is 10.7. The molecular weight excluding hydrogens is 336 g/mol. The number of H-pyrrole nitrogens is 1. The van der Waals surface area contributed by atoms with Gasteiger partial charge in [0, 0.05) is 32.1 Å². The van der Waals surface area contributed by atoms with Gasteiger partial charge in [-0.1, -0.05) is 19.1 Å². The highest BCUT2D eigenvalue weighted by Gasteiger charge is 2.10. The monoisotopic (exact) mass is 360 g/mol. The summed E-state index contributed by atoms with van der Waals surface area (Å²) < 4.78 is 10.4. The van der Waals surface area contributed by atoms with Crippen LogP contribution in [0.15, 0.2) is 29.1 Å². The van der Waals surface area contributed by atoms with E-state index < -0.39 is 0 Å². The summed E-state index contributed by atoms with van der Waals surface area (Å²) in [4.78, 5) is 26.6. The molecule has 8 heteroatoms. The molecule has 1 aromatic heterocycles. The maximum Gasteiger partial charge on any atom is 0.273 e. The Kier molecular flexibility index (Phi) is 7.75. The fourth-order valence-corrected chi connectivity index (χ4v) is 2.22. The van der Waals surface area contributed by atoms with Gasteiger partial charge in [0.15, 0.2) is 5.82 Å². The number of benzene rings is 1. The van der Waals surface area contributed by atoms with Crippen LogP contribution in [0.3, 0.4) is 0 Å². The Bertz CT molecular complexity index is 776. The zero-order valence-corrected chi connectivity index (χ0v) is 15.1. The van der Waals surface area contributed by atoms with Gasteiger partial charge < -0.3 is 19.8 Å². The van der Waals surface area contributed by atoms with Crippen LogP contribution in [0.5, 0.6) is 5.75 Å². The molecule has 0 saturated heterocycles. The summed E-state index contributed by atoms with van der Waals surface area (Å²) in [6.07, 6.45) is 1.30. The number of carbonyl (C=O) groups is 1. The van der Waals surface area contributed by atoms with E-state index in [2.05, 4.69) is 20.5 Å². The quantitative estimate of drug-likeness (QED) is 0.619. The van der Waals surface area contributed by atoms with Crippen LogP contribution in [-0.4, -0.2) is 48.0 Å². The molecule has 0 spiro atoms. The van der Waals surface area contributed by atoms with E-state index in [0.717, 1.165) is 6.42 Å². The predicted molar refractivity (Wildman–Crippen MR) is 97.1 cm³/mol. The minimum atomic E-state index is -0.348. The van der Waals surface area contributed by atoms with E-state index in [-0.39, 0.29) is 30.0 Å². The van der Waals surface area contributed by atoms with Crippen LogP contribution >= 0.6 is 0 Å². The number of amides is 1. The van der Waals surface area contributed by atoms with Gasteiger partial charge >= 0.3 is 0 Å². The molecular formula is C18H24N4O4. The number of hydrogen-bond acceptors (Lipinski definition) is 6. The van der Waals surface area contributed by atoms with Crippen LogP contribution in [0, 0.1) is 0 Å². The van der Waals surface area contributed by atoms with Crippen LogP contribution in [0.1, 0.15) is 25.5 Å². The van der Waals surface area contributed by atoms with Gasteiger partial charge in [0.25, 0.3) is 5.56 Å². The average molecular weight is 360 g/mol. The molecule has 140 valence electrons. The molecule has 0 aliphatic rings. The van der Waals surface area contributed by atoms with Crippen LogP contribution in [0.25, 0.3) is 11.4 Å². The van der Waals surface area contributed by atoms with Gasteiger partial charge in [-0.2, -0.15) is 0 Å². The van der Waals surface area contributed by atoms with Gasteiger partial charge in [0.2, 0.25) is 5.91 Å². The molecule has 0 saturated carbocycles. The van der Waals surface area contributed by atoms with Crippen LogP contribution < -0.4 is 15.6 Å². The first kappa shape index (κ1) is 19.6. The molecule has 0 unspecified atom stereocenters. The van der Waals surface area contributed by atoms with Crippen molar-refractivity contribution in [3.05, 3.63) is 40.3 Å². The van der Waals surface area contributed by atoms with Crippen molar-refractivity contribution in [2.45, 2.75) is 26.2 Å². The topological polar surface area (TPSA) is 106 Å². The molecule has 0 radical (unpaired) electrons. The van der Waals surface area contributed by atoms with E-state index in [1.54, 1.807) is 13.2 Å². The van der Waals surface area contributed by atoms with Crippen molar-refractivity contribution in [3.8, 4) is 17.1 Å². The Morgan fingerprint density at radius 3 is 2.85 bits per heavy atom. The van der Waals surface area contributed by atoms with Crippen molar-refractivity contribution in [3.63, 3.8) is 0 Å². The summed E-state index contributed by atoms with van der Waals surface area (Å²) in [6.45, 7) is 3.54. The Labute approximate surface area is 152 Å². The molecule has 0 atom stereocenters. The molecule has 0 aliphatic heterocycles. The second-order valence-electron chi connectivity index (χ2n) is 5.67. The van der Waals surface area contributed by atoms with E-state index >= 15 is 0 Å². The van der Waals surface area contributed by atoms with Crippen molar-refractivity contribution < 1.29 is 14.3 Å². The second-order valence-corrected chi connectivity index (χ2v) is 5.67. The van der Waals surface area contributed by atoms with Crippen LogP contribution in [0.2, 0.25) is 0 Å². The summed E-state index contributed by atoms with van der Waals surface area (Å²) in [5.74, 6) is 0.919. The van der Waals surface area contributed by atoms with E-state index in [4.69, 9.17) is 9.47 Å². The molecule has 26 heavy (non-hydrogen) atoms. The Morgan fingerprint density at radius 1 is 1.27 bits per heavy atom. The molecule has 8 nitrogen and oxygen atoms in total. The predicted octanol–water partition coefficient (Wildman–Crippen LogP) is 1.32. The van der Waals surface area contributed by atoms with E-state index in [1.807, 2.05) is 25.1 Å². The van der Waals surface area contributed by atoms with Crippen molar-refractivity contribution >= 4 is 5.91 Å². The fraction of sp³-hybridized carbons (Fsp3) is 0.444. The Balaban J connectivity index is 2.01. The second kappa shape index (κ2) is 10.3. The molecule has 0 aliphatic carbocycles. The summed E-state index contributed by atoms with van der Waals surface area (Å²) in [6, 6.07) is 7.31. The Hall–Kier alpha value is -2.74. The molecule has 1 aromatic carbocycles. The number of nitrogens with zero attached hydrogens (tertiary/aromatic N) is 2. The largest absolute Gasteiger partial charge is 0.494 e. The van der Waals surface area contributed by atoms with Gasteiger partial charge in [-0.25, -0.2) is 0 Å². The molecule has 2 aromatic rings. The number of ether oxygens (including phenoxy) is 2. The van der Waals surface area contributed by atoms with Gasteiger partial charge in [-0.3, -0.25) is 9.59 Å². The summed E-state index contributed by atoms with van der Waals surface area (Å²) >= 11 is 0. The third-order valence-corrected chi connectivity index (χ3v) is 3.56. The maximum absolute atomic E-state index is 12.2. The first-order valence-corrected chi connectivity index (χ1v) is 8.58. The molecule has 0 fully saturated rings. The Morgan fingerprint density at radius 2 is 2.12 bits per heavy atom. The van der Waals surface area contributed by atoms with E-state index in [9.17, 15) is 9.59 Å². The summed E-state index contributed by atoms with van der Waals surface area (Å²) in [7, 11) is 1.56. The number of nitrogens with one attached hydrogen (secondary N) is 2. The number of aromatic amines is 1. The highest BCUT2D eigenvalue weighted by molar-refractivity contribution is 5.76. The lowest BCUT2D eigenvalue weighted by molar-refractivity contribution is -0.121. The smallest absolute Gasteiger partial charge is 0.273 e. The summed E-state index contributed by atoms with van der Waals surface area (Å²) in [5.41, 5.74) is 0.598.